The second-order valence-corrected chi connectivity index (χ2v) is 17.0. The number of nitrogens with one attached hydrogen (secondary N) is 1. The maximum atomic E-state index is 13.4. The summed E-state index contributed by atoms with van der Waals surface area (Å²) in [5.74, 6) is 6.11. The van der Waals surface area contributed by atoms with Crippen LogP contribution in [0.1, 0.15) is 106 Å². The number of carbonyl (C=O) groups excluding carboxylic acids is 5. The van der Waals surface area contributed by atoms with Crippen molar-refractivity contribution in [1.82, 2.24) is 20.0 Å². The highest BCUT2D eigenvalue weighted by Gasteiger charge is 2.45. The highest BCUT2D eigenvalue weighted by Crippen LogP contribution is 2.36. The summed E-state index contributed by atoms with van der Waals surface area (Å²) in [6.45, 7) is 11.5. The fourth-order valence-corrected chi connectivity index (χ4v) is 9.99. The van der Waals surface area contributed by atoms with Gasteiger partial charge in [0.1, 0.15) is 11.8 Å². The number of ether oxygens (including phenoxy) is 1. The number of fused-ring (bicyclic) bond motifs is 2. The Kier molecular flexibility index (Phi) is 10.6. The summed E-state index contributed by atoms with van der Waals surface area (Å²) in [4.78, 5) is 75.3. The van der Waals surface area contributed by atoms with Gasteiger partial charge in [-0.15, -0.1) is 0 Å². The third kappa shape index (κ3) is 7.68. The van der Waals surface area contributed by atoms with Crippen molar-refractivity contribution in [2.75, 3.05) is 31.1 Å². The van der Waals surface area contributed by atoms with Crippen molar-refractivity contribution in [2.24, 2.45) is 5.92 Å². The number of rotatable bonds is 6. The van der Waals surface area contributed by atoms with Crippen molar-refractivity contribution in [2.45, 2.75) is 95.0 Å². The Morgan fingerprint density at radius 3 is 2.22 bits per heavy atom. The van der Waals surface area contributed by atoms with Crippen LogP contribution in [0.2, 0.25) is 5.02 Å². The molecule has 302 valence electrons. The summed E-state index contributed by atoms with van der Waals surface area (Å²) in [7, 11) is 0. The lowest BCUT2D eigenvalue weighted by Crippen LogP contribution is -2.54. The third-order valence-electron chi connectivity index (χ3n) is 13.1. The molecule has 1 unspecified atom stereocenters. The van der Waals surface area contributed by atoms with Crippen molar-refractivity contribution in [3.63, 3.8) is 0 Å². The van der Waals surface area contributed by atoms with E-state index in [-0.39, 0.29) is 30.9 Å². The molecule has 0 aromatic heterocycles. The molecule has 0 bridgehead atoms. The van der Waals surface area contributed by atoms with Crippen molar-refractivity contribution in [3.05, 3.63) is 98.9 Å². The van der Waals surface area contributed by atoms with E-state index in [2.05, 4.69) is 37.9 Å². The molecule has 0 spiro atoms. The predicted molar refractivity (Wildman–Crippen MR) is 220 cm³/mol. The number of hydrogen-bond acceptors (Lipinski definition) is 8. The van der Waals surface area contributed by atoms with E-state index in [9.17, 15) is 24.0 Å². The number of nitrogens with zero attached hydrogens (tertiary/aromatic N) is 5. The standard InChI is InChI=1S/C46H45ClN6O6/c1-48-40-13-10-35(26-39(40)47)59-34-8-5-32(6-9-34)52-27-30-24-29(4-11-36(30)44(52)56)3-2-28-16-20-50(21-17-28)31-18-22-51(23-19-31)33-7-12-37-38(25-33)46(58)53(45(37)57)41-14-15-42(54)49-43(41)55/h4,7,10-13,24-26,28,31-32,34,41H,5-6,8-9,14-23,27H2,(H,49,54,55). The molecule has 13 heteroatoms. The van der Waals surface area contributed by atoms with Crippen LogP contribution in [-0.4, -0.2) is 94.6 Å². The summed E-state index contributed by atoms with van der Waals surface area (Å²) < 4.78 is 6.18. The molecule has 9 rings (SSSR count). The van der Waals surface area contributed by atoms with E-state index in [1.54, 1.807) is 30.3 Å². The first kappa shape index (κ1) is 38.8. The quantitative estimate of drug-likeness (QED) is 0.173. The van der Waals surface area contributed by atoms with Gasteiger partial charge < -0.3 is 19.4 Å². The zero-order valence-corrected chi connectivity index (χ0v) is 33.5. The Hall–Kier alpha value is -5.69. The Balaban J connectivity index is 0.734. The molecule has 12 nitrogen and oxygen atoms in total. The molecule has 6 aliphatic rings. The molecule has 1 saturated carbocycles. The average molecular weight is 813 g/mol. The summed E-state index contributed by atoms with van der Waals surface area (Å²) in [5, 5.41) is 2.64. The van der Waals surface area contributed by atoms with Crippen LogP contribution in [0.3, 0.4) is 0 Å². The summed E-state index contributed by atoms with van der Waals surface area (Å²) in [6, 6.07) is 16.2. The van der Waals surface area contributed by atoms with Gasteiger partial charge in [0.2, 0.25) is 17.5 Å². The number of likely N-dealkylation sites (tertiary alicyclic amines) is 1. The lowest BCUT2D eigenvalue weighted by Gasteiger charge is -2.42. The molecule has 0 radical (unpaired) electrons. The second-order valence-electron chi connectivity index (χ2n) is 16.6. The van der Waals surface area contributed by atoms with Gasteiger partial charge in [-0.1, -0.05) is 29.5 Å². The summed E-state index contributed by atoms with van der Waals surface area (Å²) in [5.41, 5.74) is 4.70. The van der Waals surface area contributed by atoms with Gasteiger partial charge in [-0.3, -0.25) is 34.2 Å². The normalized spacial score (nSPS) is 24.0. The van der Waals surface area contributed by atoms with Crippen molar-refractivity contribution >= 4 is 52.5 Å². The molecule has 5 heterocycles. The number of anilines is 1. The second kappa shape index (κ2) is 16.2. The van der Waals surface area contributed by atoms with E-state index in [1.165, 1.54) is 0 Å². The van der Waals surface area contributed by atoms with Crippen LogP contribution in [0.25, 0.3) is 4.85 Å². The number of imide groups is 2. The Labute approximate surface area is 348 Å². The molecule has 5 aliphatic heterocycles. The van der Waals surface area contributed by atoms with Crippen LogP contribution in [0.15, 0.2) is 54.6 Å². The smallest absolute Gasteiger partial charge is 0.262 e. The largest absolute Gasteiger partial charge is 0.490 e. The molecule has 3 aromatic rings. The fraction of sp³-hybridized carbons (Fsp3) is 0.435. The van der Waals surface area contributed by atoms with E-state index in [1.807, 2.05) is 23.1 Å². The Morgan fingerprint density at radius 1 is 0.746 bits per heavy atom. The number of halogens is 1. The van der Waals surface area contributed by atoms with E-state index in [4.69, 9.17) is 22.9 Å². The molecule has 5 amide bonds. The number of piperidine rings is 3. The number of carbonyl (C=O) groups is 5. The lowest BCUT2D eigenvalue weighted by molar-refractivity contribution is -0.136. The van der Waals surface area contributed by atoms with Crippen molar-refractivity contribution < 1.29 is 28.7 Å². The number of amides is 5. The zero-order chi connectivity index (χ0) is 40.8. The van der Waals surface area contributed by atoms with Crippen LogP contribution in [0, 0.1) is 24.3 Å². The number of benzene rings is 3. The Morgan fingerprint density at radius 2 is 1.49 bits per heavy atom. The maximum Gasteiger partial charge on any atom is 0.262 e. The molecule has 1 N–H and O–H groups in total. The third-order valence-corrected chi connectivity index (χ3v) is 13.4. The van der Waals surface area contributed by atoms with E-state index < -0.39 is 29.7 Å². The average Bonchev–Trinajstić information content (AvgIpc) is 3.71. The maximum absolute atomic E-state index is 13.4. The van der Waals surface area contributed by atoms with Crippen LogP contribution >= 0.6 is 11.6 Å². The predicted octanol–water partition coefficient (Wildman–Crippen LogP) is 6.37. The summed E-state index contributed by atoms with van der Waals surface area (Å²) in [6.07, 6.45) is 7.75. The molecule has 59 heavy (non-hydrogen) atoms. The lowest BCUT2D eigenvalue weighted by atomic mass is 9.92. The van der Waals surface area contributed by atoms with Gasteiger partial charge in [-0.2, -0.15) is 0 Å². The van der Waals surface area contributed by atoms with Crippen LogP contribution < -0.4 is 15.0 Å². The van der Waals surface area contributed by atoms with E-state index in [0.717, 1.165) is 105 Å². The fourth-order valence-electron chi connectivity index (χ4n) is 9.77. The van der Waals surface area contributed by atoms with Crippen LogP contribution in [0.5, 0.6) is 5.75 Å². The van der Waals surface area contributed by atoms with Gasteiger partial charge in [-0.25, -0.2) is 4.85 Å². The minimum absolute atomic E-state index is 0.0529. The van der Waals surface area contributed by atoms with Crippen LogP contribution in [0.4, 0.5) is 11.4 Å². The Bertz CT molecular complexity index is 2340. The summed E-state index contributed by atoms with van der Waals surface area (Å²) >= 11 is 6.20. The van der Waals surface area contributed by atoms with Gasteiger partial charge >= 0.3 is 0 Å². The molecule has 4 fully saturated rings. The topological polar surface area (TPSA) is 124 Å². The minimum atomic E-state index is -0.971. The van der Waals surface area contributed by atoms with Gasteiger partial charge in [0.25, 0.3) is 17.7 Å². The van der Waals surface area contributed by atoms with Gasteiger partial charge in [0.15, 0.2) is 0 Å². The van der Waals surface area contributed by atoms with E-state index >= 15 is 0 Å². The van der Waals surface area contributed by atoms with Gasteiger partial charge in [-0.05, 0) is 125 Å². The van der Waals surface area contributed by atoms with Crippen molar-refractivity contribution in [1.29, 1.82) is 0 Å². The SMILES string of the molecule is [C-]#[N+]c1ccc(OC2CCC(N3Cc4cc(C#CC5CCN(C6CCN(c7ccc8c(c7)C(=O)N(C7CCC(=O)NC7=O)C8=O)CC6)CC5)ccc4C3=O)CC2)cc1Cl. The molecule has 3 saturated heterocycles. The molecule has 1 atom stereocenters. The molecular weight excluding hydrogens is 768 g/mol. The first-order chi connectivity index (χ1) is 28.6. The van der Waals surface area contributed by atoms with E-state index in [0.29, 0.717) is 46.1 Å². The minimum Gasteiger partial charge on any atom is -0.490 e. The highest BCUT2D eigenvalue weighted by atomic mass is 35.5. The first-order valence-electron chi connectivity index (χ1n) is 20.8. The highest BCUT2D eigenvalue weighted by molar-refractivity contribution is 6.33. The molecular formula is C46H45ClN6O6. The zero-order valence-electron chi connectivity index (χ0n) is 32.8. The monoisotopic (exact) mass is 812 g/mol. The van der Waals surface area contributed by atoms with Crippen molar-refractivity contribution in [3.8, 4) is 17.6 Å². The van der Waals surface area contributed by atoms with Crippen LogP contribution in [-0.2, 0) is 16.1 Å². The van der Waals surface area contributed by atoms with Gasteiger partial charge in [0, 0.05) is 60.9 Å². The first-order valence-corrected chi connectivity index (χ1v) is 21.1. The molecule has 3 aromatic carbocycles. The number of hydrogen-bond donors (Lipinski definition) is 1. The molecule has 1 aliphatic carbocycles. The van der Waals surface area contributed by atoms with Gasteiger partial charge in [0.05, 0.1) is 28.8 Å².